The van der Waals surface area contributed by atoms with Crippen molar-refractivity contribution in [1.29, 1.82) is 0 Å². The summed E-state index contributed by atoms with van der Waals surface area (Å²) in [7, 11) is 0. The van der Waals surface area contributed by atoms with E-state index in [0.717, 1.165) is 29.7 Å². The lowest BCUT2D eigenvalue weighted by atomic mass is 9.98. The van der Waals surface area contributed by atoms with Crippen molar-refractivity contribution in [2.75, 3.05) is 0 Å². The largest absolute Gasteiger partial charge is 0.486 e. The zero-order chi connectivity index (χ0) is 22.6. The van der Waals surface area contributed by atoms with Crippen molar-refractivity contribution in [3.63, 3.8) is 0 Å². The molecular weight excluding hydrogens is 403 g/mol. The topological polar surface area (TPSA) is 52.3 Å². The minimum absolute atomic E-state index is 0.209. The van der Waals surface area contributed by atoms with Gasteiger partial charge in [-0.3, -0.25) is 4.79 Å². The van der Waals surface area contributed by atoms with Gasteiger partial charge < -0.3 is 10.5 Å². The zero-order valence-corrected chi connectivity index (χ0v) is 17.3. The van der Waals surface area contributed by atoms with Gasteiger partial charge in [0.25, 0.3) is 0 Å². The smallest absolute Gasteiger partial charge is 0.416 e. The van der Waals surface area contributed by atoms with Gasteiger partial charge in [-0.15, -0.1) is 0 Å². The first-order valence-electron chi connectivity index (χ1n) is 9.97. The SMILES string of the molecule is CC(C)CC(Oc1ccc(-c2ccc(C(F)(F)F)cc2)cc1)c1ccc(C(N)=O)cc1. The fraction of sp³-hybridized carbons (Fsp3) is 0.240. The fourth-order valence-electron chi connectivity index (χ4n) is 3.28. The van der Waals surface area contributed by atoms with Gasteiger partial charge in [-0.1, -0.05) is 50.2 Å². The first kappa shape index (κ1) is 22.4. The lowest BCUT2D eigenvalue weighted by molar-refractivity contribution is -0.137. The number of alkyl halides is 3. The van der Waals surface area contributed by atoms with Crippen LogP contribution in [0.15, 0.2) is 72.8 Å². The molecule has 0 aromatic heterocycles. The molecule has 0 aliphatic rings. The van der Waals surface area contributed by atoms with E-state index in [4.69, 9.17) is 10.5 Å². The predicted octanol–water partition coefficient (Wildman–Crippen LogP) is 6.64. The number of rotatable bonds is 7. The number of amides is 1. The maximum Gasteiger partial charge on any atom is 0.416 e. The van der Waals surface area contributed by atoms with E-state index in [9.17, 15) is 18.0 Å². The van der Waals surface area contributed by atoms with Crippen LogP contribution in [0, 0.1) is 5.92 Å². The molecule has 0 spiro atoms. The van der Waals surface area contributed by atoms with Gasteiger partial charge in [0.2, 0.25) is 5.91 Å². The Morgan fingerprint density at radius 1 is 0.871 bits per heavy atom. The third kappa shape index (κ3) is 5.87. The number of primary amides is 1. The number of hydrogen-bond donors (Lipinski definition) is 1. The Labute approximate surface area is 179 Å². The van der Waals surface area contributed by atoms with Gasteiger partial charge in [-0.2, -0.15) is 13.2 Å². The molecule has 3 rings (SSSR count). The standard InChI is InChI=1S/C25H24F3NO2/c1-16(2)15-23(19-3-5-20(6-4-19)24(29)30)31-22-13-9-18(10-14-22)17-7-11-21(12-8-17)25(26,27)28/h3-14,16,23H,15H2,1-2H3,(H2,29,30). The minimum atomic E-state index is -4.35. The van der Waals surface area contributed by atoms with Gasteiger partial charge in [-0.05, 0) is 65.4 Å². The van der Waals surface area contributed by atoms with Crippen LogP contribution in [0.25, 0.3) is 11.1 Å². The molecule has 0 heterocycles. The Morgan fingerprint density at radius 2 is 1.39 bits per heavy atom. The summed E-state index contributed by atoms with van der Waals surface area (Å²) in [6.45, 7) is 4.20. The molecule has 3 nitrogen and oxygen atoms in total. The second-order valence-corrected chi connectivity index (χ2v) is 7.82. The second-order valence-electron chi connectivity index (χ2n) is 7.82. The summed E-state index contributed by atoms with van der Waals surface area (Å²) in [5, 5.41) is 0. The summed E-state index contributed by atoms with van der Waals surface area (Å²) in [6.07, 6.45) is -3.78. The van der Waals surface area contributed by atoms with Gasteiger partial charge in [0.05, 0.1) is 5.56 Å². The normalized spacial score (nSPS) is 12.6. The van der Waals surface area contributed by atoms with Crippen molar-refractivity contribution in [2.45, 2.75) is 32.5 Å². The van der Waals surface area contributed by atoms with E-state index in [1.54, 1.807) is 24.3 Å². The van der Waals surface area contributed by atoms with E-state index in [1.807, 2.05) is 24.3 Å². The van der Waals surface area contributed by atoms with Crippen LogP contribution >= 0.6 is 0 Å². The van der Waals surface area contributed by atoms with E-state index in [-0.39, 0.29) is 6.10 Å². The van der Waals surface area contributed by atoms with Crippen LogP contribution in [0.3, 0.4) is 0 Å². The second kappa shape index (κ2) is 9.25. The third-order valence-electron chi connectivity index (χ3n) is 4.93. The summed E-state index contributed by atoms with van der Waals surface area (Å²) < 4.78 is 44.4. The summed E-state index contributed by atoms with van der Waals surface area (Å²) in [4.78, 5) is 11.3. The Bertz CT molecular complexity index is 1010. The Hall–Kier alpha value is -3.28. The fourth-order valence-corrected chi connectivity index (χ4v) is 3.28. The van der Waals surface area contributed by atoms with E-state index < -0.39 is 17.6 Å². The van der Waals surface area contributed by atoms with Crippen molar-refractivity contribution in [3.05, 3.63) is 89.5 Å². The first-order valence-corrected chi connectivity index (χ1v) is 9.97. The summed E-state index contributed by atoms with van der Waals surface area (Å²) in [5.41, 5.74) is 7.51. The number of hydrogen-bond acceptors (Lipinski definition) is 2. The van der Waals surface area contributed by atoms with Gasteiger partial charge in [0.15, 0.2) is 0 Å². The Morgan fingerprint density at radius 3 is 1.84 bits per heavy atom. The molecule has 1 unspecified atom stereocenters. The molecule has 3 aromatic rings. The predicted molar refractivity (Wildman–Crippen MR) is 115 cm³/mol. The van der Waals surface area contributed by atoms with Crippen LogP contribution in [-0.4, -0.2) is 5.91 Å². The lowest BCUT2D eigenvalue weighted by Gasteiger charge is -2.22. The molecule has 0 fully saturated rings. The molecule has 0 saturated carbocycles. The summed E-state index contributed by atoms with van der Waals surface area (Å²) >= 11 is 0. The molecule has 0 radical (unpaired) electrons. The van der Waals surface area contributed by atoms with Crippen LogP contribution in [0.5, 0.6) is 5.75 Å². The monoisotopic (exact) mass is 427 g/mol. The van der Waals surface area contributed by atoms with Crippen molar-refractivity contribution in [2.24, 2.45) is 11.7 Å². The summed E-state index contributed by atoms with van der Waals surface area (Å²) in [5.74, 6) is 0.555. The molecule has 6 heteroatoms. The van der Waals surface area contributed by atoms with Crippen LogP contribution in [0.4, 0.5) is 13.2 Å². The van der Waals surface area contributed by atoms with Crippen LogP contribution < -0.4 is 10.5 Å². The molecule has 31 heavy (non-hydrogen) atoms. The number of carbonyl (C=O) groups is 1. The number of halogens is 3. The molecule has 1 amide bonds. The number of nitrogens with two attached hydrogens (primary N) is 1. The van der Waals surface area contributed by atoms with Crippen molar-refractivity contribution in [1.82, 2.24) is 0 Å². The zero-order valence-electron chi connectivity index (χ0n) is 17.3. The Kier molecular flexibility index (Phi) is 6.68. The quantitative estimate of drug-likeness (QED) is 0.460. The van der Waals surface area contributed by atoms with E-state index in [2.05, 4.69) is 13.8 Å². The van der Waals surface area contributed by atoms with E-state index in [0.29, 0.717) is 22.8 Å². The number of carbonyl (C=O) groups excluding carboxylic acids is 1. The van der Waals surface area contributed by atoms with Gasteiger partial charge in [0.1, 0.15) is 11.9 Å². The number of ether oxygens (including phenoxy) is 1. The first-order chi connectivity index (χ1) is 14.6. The third-order valence-corrected chi connectivity index (χ3v) is 4.93. The van der Waals surface area contributed by atoms with Gasteiger partial charge >= 0.3 is 6.18 Å². The van der Waals surface area contributed by atoms with Crippen molar-refractivity contribution < 1.29 is 22.7 Å². The molecule has 3 aromatic carbocycles. The van der Waals surface area contributed by atoms with Gasteiger partial charge in [-0.25, -0.2) is 0 Å². The molecule has 0 bridgehead atoms. The minimum Gasteiger partial charge on any atom is -0.486 e. The van der Waals surface area contributed by atoms with Crippen molar-refractivity contribution in [3.8, 4) is 16.9 Å². The highest BCUT2D eigenvalue weighted by Crippen LogP contribution is 2.32. The van der Waals surface area contributed by atoms with Crippen LogP contribution in [0.1, 0.15) is 47.9 Å². The number of benzene rings is 3. The van der Waals surface area contributed by atoms with Crippen LogP contribution in [-0.2, 0) is 6.18 Å². The van der Waals surface area contributed by atoms with Gasteiger partial charge in [0, 0.05) is 5.56 Å². The maximum absolute atomic E-state index is 12.7. The lowest BCUT2D eigenvalue weighted by Crippen LogP contribution is -2.13. The molecule has 0 aliphatic carbocycles. The highest BCUT2D eigenvalue weighted by Gasteiger charge is 2.30. The molecule has 162 valence electrons. The highest BCUT2D eigenvalue weighted by atomic mass is 19.4. The molecule has 2 N–H and O–H groups in total. The summed E-state index contributed by atoms with van der Waals surface area (Å²) in [6, 6.07) is 19.4. The average molecular weight is 427 g/mol. The van der Waals surface area contributed by atoms with Crippen LogP contribution in [0.2, 0.25) is 0 Å². The molecule has 1 atom stereocenters. The average Bonchev–Trinajstić information content (AvgIpc) is 2.73. The van der Waals surface area contributed by atoms with E-state index >= 15 is 0 Å². The maximum atomic E-state index is 12.7. The van der Waals surface area contributed by atoms with E-state index in [1.165, 1.54) is 12.1 Å². The highest BCUT2D eigenvalue weighted by molar-refractivity contribution is 5.92. The Balaban J connectivity index is 1.77. The van der Waals surface area contributed by atoms with Crippen molar-refractivity contribution >= 4 is 5.91 Å². The molecular formula is C25H24F3NO2. The molecule has 0 aliphatic heterocycles. The molecule has 0 saturated heterocycles.